The summed E-state index contributed by atoms with van der Waals surface area (Å²) in [5.74, 6) is 0.0632. The maximum Gasteiger partial charge on any atom is 0.259 e. The van der Waals surface area contributed by atoms with Crippen LogP contribution in [0.5, 0.6) is 11.5 Å². The Bertz CT molecular complexity index is 820. The molecule has 1 aliphatic rings. The molecule has 156 valence electrons. The maximum absolute atomic E-state index is 12.9. The van der Waals surface area contributed by atoms with E-state index in [1.54, 1.807) is 0 Å². The Labute approximate surface area is 180 Å². The number of hydrogen-bond acceptors (Lipinski definition) is 5. The smallest absolute Gasteiger partial charge is 0.259 e. The largest absolute Gasteiger partial charge is 0.494 e. The molecule has 0 radical (unpaired) electrons. The molecule has 8 heteroatoms. The van der Waals surface area contributed by atoms with Gasteiger partial charge in [0.05, 0.1) is 37.0 Å². The maximum atomic E-state index is 12.9. The highest BCUT2D eigenvalue weighted by molar-refractivity contribution is 6.37. The molecule has 1 fully saturated rings. The molecule has 6 nitrogen and oxygen atoms in total. The number of morpholine rings is 1. The van der Waals surface area contributed by atoms with E-state index in [-0.39, 0.29) is 39.1 Å². The molecule has 2 aromatic rings. The van der Waals surface area contributed by atoms with Gasteiger partial charge in [-0.05, 0) is 11.6 Å². The molecular formula is C21H24Cl2N2O4. The van der Waals surface area contributed by atoms with Gasteiger partial charge in [0.15, 0.2) is 11.5 Å². The van der Waals surface area contributed by atoms with Crippen LogP contribution >= 0.6 is 23.2 Å². The van der Waals surface area contributed by atoms with Crippen LogP contribution in [0.25, 0.3) is 0 Å². The lowest BCUT2D eigenvalue weighted by Gasteiger charge is -2.33. The molecule has 1 aliphatic heterocycles. The molecule has 1 unspecified atom stereocenters. The summed E-state index contributed by atoms with van der Waals surface area (Å²) < 4.78 is 16.4. The van der Waals surface area contributed by atoms with Crippen LogP contribution in [0.4, 0.5) is 0 Å². The van der Waals surface area contributed by atoms with E-state index < -0.39 is 0 Å². The highest BCUT2D eigenvalue weighted by Crippen LogP contribution is 2.40. The Kier molecular flexibility index (Phi) is 7.61. The van der Waals surface area contributed by atoms with Crippen molar-refractivity contribution in [1.29, 1.82) is 0 Å². The second-order valence-electron chi connectivity index (χ2n) is 6.71. The number of nitrogens with one attached hydrogen (secondary N) is 1. The first-order valence-corrected chi connectivity index (χ1v) is 10.0. The third kappa shape index (κ3) is 5.34. The summed E-state index contributed by atoms with van der Waals surface area (Å²) in [4.78, 5) is 15.2. The van der Waals surface area contributed by atoms with Gasteiger partial charge in [0, 0.05) is 26.2 Å². The first-order valence-electron chi connectivity index (χ1n) is 9.29. The number of hydrogen-bond donors (Lipinski definition) is 1. The zero-order chi connectivity index (χ0) is 20.8. The van der Waals surface area contributed by atoms with E-state index in [4.69, 9.17) is 37.4 Å². The summed E-state index contributed by atoms with van der Waals surface area (Å²) >= 11 is 12.4. The lowest BCUT2D eigenvalue weighted by atomic mass is 10.1. The fourth-order valence-corrected chi connectivity index (χ4v) is 3.99. The monoisotopic (exact) mass is 438 g/mol. The lowest BCUT2D eigenvalue weighted by molar-refractivity contribution is -0.0292. The average molecular weight is 439 g/mol. The molecule has 0 aromatic heterocycles. The molecule has 1 saturated heterocycles. The second-order valence-corrected chi connectivity index (χ2v) is 7.52. The highest BCUT2D eigenvalue weighted by Gasteiger charge is 2.26. The summed E-state index contributed by atoms with van der Waals surface area (Å²) in [6, 6.07) is 11.8. The van der Waals surface area contributed by atoms with Gasteiger partial charge in [0.2, 0.25) is 0 Å². The van der Waals surface area contributed by atoms with Gasteiger partial charge in [-0.2, -0.15) is 0 Å². The predicted molar refractivity (Wildman–Crippen MR) is 113 cm³/mol. The summed E-state index contributed by atoms with van der Waals surface area (Å²) in [5.41, 5.74) is 1.42. The van der Waals surface area contributed by atoms with E-state index in [1.807, 2.05) is 18.2 Å². The van der Waals surface area contributed by atoms with Crippen molar-refractivity contribution in [1.82, 2.24) is 10.2 Å². The first-order chi connectivity index (χ1) is 14.0. The molecule has 1 heterocycles. The Hall–Kier alpha value is -1.99. The lowest BCUT2D eigenvalue weighted by Crippen LogP contribution is -2.47. The van der Waals surface area contributed by atoms with Gasteiger partial charge in [-0.3, -0.25) is 9.69 Å². The molecule has 0 bridgehead atoms. The van der Waals surface area contributed by atoms with Gasteiger partial charge < -0.3 is 19.5 Å². The Balaban J connectivity index is 1.65. The number of methoxy groups -OCH3 is 2. The van der Waals surface area contributed by atoms with Crippen molar-refractivity contribution in [2.45, 2.75) is 12.6 Å². The van der Waals surface area contributed by atoms with Gasteiger partial charge in [-0.1, -0.05) is 53.5 Å². The molecule has 2 aromatic carbocycles. The minimum Gasteiger partial charge on any atom is -0.494 e. The van der Waals surface area contributed by atoms with Crippen molar-refractivity contribution in [2.24, 2.45) is 0 Å². The van der Waals surface area contributed by atoms with Crippen molar-refractivity contribution in [3.8, 4) is 11.5 Å². The standard InChI is InChI=1S/C21H24Cl2N2O4/c1-27-19-16(22)10-17(23)20(28-2)18(19)21(26)24-11-15-13-25(8-9-29-15)12-14-6-4-3-5-7-14/h3-7,10,15H,8-9,11-13H2,1-2H3,(H,24,26). The van der Waals surface area contributed by atoms with Crippen LogP contribution < -0.4 is 14.8 Å². The van der Waals surface area contributed by atoms with Crippen LogP contribution in [0.15, 0.2) is 36.4 Å². The third-order valence-electron chi connectivity index (χ3n) is 4.74. The van der Waals surface area contributed by atoms with E-state index >= 15 is 0 Å². The normalized spacial score (nSPS) is 17.0. The van der Waals surface area contributed by atoms with Gasteiger partial charge >= 0.3 is 0 Å². The van der Waals surface area contributed by atoms with Crippen molar-refractivity contribution in [2.75, 3.05) is 40.5 Å². The molecule has 0 aliphatic carbocycles. The summed E-state index contributed by atoms with van der Waals surface area (Å²) in [6.45, 7) is 3.38. The number of nitrogens with zero attached hydrogens (tertiary/aromatic N) is 1. The molecule has 0 saturated carbocycles. The average Bonchev–Trinajstić information content (AvgIpc) is 2.72. The summed E-state index contributed by atoms with van der Waals surface area (Å²) in [6.07, 6.45) is -0.122. The number of carbonyl (C=O) groups excluding carboxylic acids is 1. The van der Waals surface area contributed by atoms with Gasteiger partial charge in [0.1, 0.15) is 5.56 Å². The number of benzene rings is 2. The fourth-order valence-electron chi connectivity index (χ4n) is 3.37. The first kappa shape index (κ1) is 21.7. The number of carbonyl (C=O) groups is 1. The minimum absolute atomic E-state index is 0.122. The van der Waals surface area contributed by atoms with Gasteiger partial charge in [0.25, 0.3) is 5.91 Å². The van der Waals surface area contributed by atoms with Crippen LogP contribution in [0.1, 0.15) is 15.9 Å². The van der Waals surface area contributed by atoms with E-state index in [0.717, 1.165) is 19.6 Å². The van der Waals surface area contributed by atoms with E-state index in [2.05, 4.69) is 22.3 Å². The van der Waals surface area contributed by atoms with Crippen LogP contribution in [0.2, 0.25) is 10.0 Å². The highest BCUT2D eigenvalue weighted by atomic mass is 35.5. The Morgan fingerprint density at radius 3 is 2.45 bits per heavy atom. The Morgan fingerprint density at radius 2 is 1.83 bits per heavy atom. The summed E-state index contributed by atoms with van der Waals surface area (Å²) in [7, 11) is 2.88. The molecule has 0 spiro atoms. The third-order valence-corrected chi connectivity index (χ3v) is 5.30. The SMILES string of the molecule is COc1c(Cl)cc(Cl)c(OC)c1C(=O)NCC1CN(Cc2ccccc2)CCO1. The quantitative estimate of drug-likeness (QED) is 0.714. The molecular weight excluding hydrogens is 415 g/mol. The topological polar surface area (TPSA) is 60.0 Å². The van der Waals surface area contributed by atoms with Crippen LogP contribution in [-0.4, -0.2) is 57.4 Å². The van der Waals surface area contributed by atoms with Crippen LogP contribution in [0.3, 0.4) is 0 Å². The minimum atomic E-state index is -0.383. The second kappa shape index (κ2) is 10.2. The molecule has 29 heavy (non-hydrogen) atoms. The van der Waals surface area contributed by atoms with Crippen LogP contribution in [0, 0.1) is 0 Å². The zero-order valence-electron chi connectivity index (χ0n) is 16.4. The van der Waals surface area contributed by atoms with Gasteiger partial charge in [-0.15, -0.1) is 0 Å². The summed E-state index contributed by atoms with van der Waals surface area (Å²) in [5, 5.41) is 3.37. The van der Waals surface area contributed by atoms with Gasteiger partial charge in [-0.25, -0.2) is 0 Å². The van der Waals surface area contributed by atoms with E-state index in [0.29, 0.717) is 13.2 Å². The molecule has 3 rings (SSSR count). The van der Waals surface area contributed by atoms with Crippen molar-refractivity contribution >= 4 is 29.1 Å². The van der Waals surface area contributed by atoms with Crippen molar-refractivity contribution < 1.29 is 19.0 Å². The van der Waals surface area contributed by atoms with E-state index in [9.17, 15) is 4.79 Å². The van der Waals surface area contributed by atoms with Crippen LogP contribution in [-0.2, 0) is 11.3 Å². The molecule has 1 N–H and O–H groups in total. The number of ether oxygens (including phenoxy) is 3. The number of rotatable bonds is 7. The number of amides is 1. The predicted octanol–water partition coefficient (Wildman–Crippen LogP) is 3.64. The fraction of sp³-hybridized carbons (Fsp3) is 0.381. The molecule has 1 amide bonds. The van der Waals surface area contributed by atoms with E-state index in [1.165, 1.54) is 25.8 Å². The van der Waals surface area contributed by atoms with Crippen molar-refractivity contribution in [3.63, 3.8) is 0 Å². The van der Waals surface area contributed by atoms with Crippen molar-refractivity contribution in [3.05, 3.63) is 57.6 Å². The Morgan fingerprint density at radius 1 is 1.17 bits per heavy atom. The molecule has 1 atom stereocenters. The zero-order valence-corrected chi connectivity index (χ0v) is 17.9. The number of halogens is 2.